The summed E-state index contributed by atoms with van der Waals surface area (Å²) < 4.78 is 37.0. The number of ketones is 1. The van der Waals surface area contributed by atoms with Crippen LogP contribution in [-0.4, -0.2) is 23.0 Å². The first-order valence-corrected chi connectivity index (χ1v) is 6.10. The molecule has 0 aliphatic rings. The van der Waals surface area contributed by atoms with E-state index in [0.29, 0.717) is 0 Å². The smallest absolute Gasteiger partial charge is 0.471 e. The molecular formula is C15H10F3NO3. The zero-order valence-corrected chi connectivity index (χ0v) is 11.0. The van der Waals surface area contributed by atoms with Gasteiger partial charge in [0, 0.05) is 5.56 Å². The number of carbonyl (C=O) groups excluding carboxylic acids is 2. The zero-order chi connectivity index (χ0) is 16.3. The van der Waals surface area contributed by atoms with Crippen LogP contribution in [0.1, 0.15) is 15.9 Å². The molecule has 4 nitrogen and oxygen atoms in total. The van der Waals surface area contributed by atoms with Gasteiger partial charge in [-0.05, 0) is 24.3 Å². The van der Waals surface area contributed by atoms with Crippen molar-refractivity contribution in [1.29, 1.82) is 0 Å². The molecular weight excluding hydrogens is 299 g/mol. The maximum atomic E-state index is 12.3. The van der Waals surface area contributed by atoms with E-state index in [4.69, 9.17) is 0 Å². The van der Waals surface area contributed by atoms with Gasteiger partial charge in [0.1, 0.15) is 5.75 Å². The van der Waals surface area contributed by atoms with Gasteiger partial charge in [-0.3, -0.25) is 9.59 Å². The largest absolute Gasteiger partial charge is 0.507 e. The summed E-state index contributed by atoms with van der Waals surface area (Å²) in [5, 5.41) is 11.3. The summed E-state index contributed by atoms with van der Waals surface area (Å²) in [6, 6.07) is 10.9. The van der Waals surface area contributed by atoms with Crippen LogP contribution < -0.4 is 5.32 Å². The number of carbonyl (C=O) groups is 2. The molecule has 0 heterocycles. The number of hydrogen-bond acceptors (Lipinski definition) is 3. The molecule has 22 heavy (non-hydrogen) atoms. The SMILES string of the molecule is O=C(c1ccccc1O)c1ccccc1NC(=O)C(F)(F)F. The predicted octanol–water partition coefficient (Wildman–Crippen LogP) is 3.12. The number of benzene rings is 2. The van der Waals surface area contributed by atoms with Crippen LogP contribution in [0.25, 0.3) is 0 Å². The Morgan fingerprint density at radius 2 is 1.45 bits per heavy atom. The first kappa shape index (κ1) is 15.6. The van der Waals surface area contributed by atoms with Gasteiger partial charge in [0.2, 0.25) is 0 Å². The number of phenols is 1. The van der Waals surface area contributed by atoms with E-state index in [1.807, 2.05) is 0 Å². The zero-order valence-electron chi connectivity index (χ0n) is 11.0. The number of para-hydroxylation sites is 2. The molecule has 0 unspecified atom stereocenters. The second kappa shape index (κ2) is 5.88. The minimum Gasteiger partial charge on any atom is -0.507 e. The van der Waals surface area contributed by atoms with E-state index in [9.17, 15) is 27.9 Å². The van der Waals surface area contributed by atoms with Crippen molar-refractivity contribution >= 4 is 17.4 Å². The summed E-state index contributed by atoms with van der Waals surface area (Å²) in [6.07, 6.45) is -5.06. The molecule has 0 aliphatic heterocycles. The Bertz CT molecular complexity index is 726. The quantitative estimate of drug-likeness (QED) is 0.856. The van der Waals surface area contributed by atoms with Crippen LogP contribution in [0, 0.1) is 0 Å². The second-order valence-corrected chi connectivity index (χ2v) is 4.34. The van der Waals surface area contributed by atoms with Gasteiger partial charge in [0.15, 0.2) is 5.78 Å². The third-order valence-electron chi connectivity index (χ3n) is 2.83. The lowest BCUT2D eigenvalue weighted by Gasteiger charge is -2.12. The molecule has 0 spiro atoms. The van der Waals surface area contributed by atoms with Crippen LogP contribution in [0.15, 0.2) is 48.5 Å². The Kier molecular flexibility index (Phi) is 4.16. The number of aromatic hydroxyl groups is 1. The molecule has 0 bridgehead atoms. The number of phenolic OH excluding ortho intramolecular Hbond substituents is 1. The van der Waals surface area contributed by atoms with Gasteiger partial charge in [-0.2, -0.15) is 13.2 Å². The van der Waals surface area contributed by atoms with E-state index in [0.717, 1.165) is 0 Å². The summed E-state index contributed by atoms with van der Waals surface area (Å²) >= 11 is 0. The lowest BCUT2D eigenvalue weighted by molar-refractivity contribution is -0.167. The molecule has 2 rings (SSSR count). The van der Waals surface area contributed by atoms with Crippen LogP contribution in [-0.2, 0) is 4.79 Å². The summed E-state index contributed by atoms with van der Waals surface area (Å²) in [5.41, 5.74) is -0.504. The number of rotatable bonds is 3. The van der Waals surface area contributed by atoms with Crippen molar-refractivity contribution in [3.63, 3.8) is 0 Å². The van der Waals surface area contributed by atoms with Gasteiger partial charge < -0.3 is 10.4 Å². The van der Waals surface area contributed by atoms with Crippen LogP contribution in [0.2, 0.25) is 0 Å². The van der Waals surface area contributed by atoms with E-state index in [1.165, 1.54) is 48.5 Å². The number of halogens is 3. The van der Waals surface area contributed by atoms with Gasteiger partial charge in [-0.15, -0.1) is 0 Å². The average molecular weight is 309 g/mol. The van der Waals surface area contributed by atoms with E-state index >= 15 is 0 Å². The van der Waals surface area contributed by atoms with Crippen LogP contribution in [0.4, 0.5) is 18.9 Å². The lowest BCUT2D eigenvalue weighted by Crippen LogP contribution is -2.30. The highest BCUT2D eigenvalue weighted by molar-refractivity contribution is 6.15. The summed E-state index contributed by atoms with van der Waals surface area (Å²) in [5.74, 6) is -3.18. The Labute approximate surface area is 123 Å². The molecule has 0 atom stereocenters. The Morgan fingerprint density at radius 1 is 0.909 bits per heavy atom. The number of amides is 1. The number of hydrogen-bond donors (Lipinski definition) is 2. The molecule has 0 fully saturated rings. The van der Waals surface area contributed by atoms with Crippen molar-refractivity contribution in [2.45, 2.75) is 6.18 Å². The van der Waals surface area contributed by atoms with E-state index < -0.39 is 17.9 Å². The molecule has 0 aliphatic carbocycles. The van der Waals surface area contributed by atoms with E-state index in [1.54, 1.807) is 5.32 Å². The van der Waals surface area contributed by atoms with Crippen molar-refractivity contribution in [1.82, 2.24) is 0 Å². The standard InChI is InChI=1S/C15H10F3NO3/c16-15(17,18)14(22)19-11-7-3-1-5-9(11)13(21)10-6-2-4-8-12(10)20/h1-8,20H,(H,19,22). The van der Waals surface area contributed by atoms with Gasteiger partial charge in [-0.25, -0.2) is 0 Å². The third kappa shape index (κ3) is 3.25. The number of nitrogens with one attached hydrogen (secondary N) is 1. The summed E-state index contributed by atoms with van der Waals surface area (Å²) in [6.45, 7) is 0. The topological polar surface area (TPSA) is 66.4 Å². The van der Waals surface area contributed by atoms with Crippen molar-refractivity contribution in [2.75, 3.05) is 5.32 Å². The van der Waals surface area contributed by atoms with Gasteiger partial charge in [-0.1, -0.05) is 24.3 Å². The molecule has 0 aromatic heterocycles. The molecule has 0 saturated heterocycles. The fourth-order valence-corrected chi connectivity index (χ4v) is 1.79. The van der Waals surface area contributed by atoms with Crippen LogP contribution >= 0.6 is 0 Å². The maximum absolute atomic E-state index is 12.3. The first-order chi connectivity index (χ1) is 10.3. The van der Waals surface area contributed by atoms with Gasteiger partial charge in [0.05, 0.1) is 11.3 Å². The monoisotopic (exact) mass is 309 g/mol. The predicted molar refractivity (Wildman–Crippen MR) is 72.7 cm³/mol. The van der Waals surface area contributed by atoms with Crippen molar-refractivity contribution in [2.24, 2.45) is 0 Å². The Hall–Kier alpha value is -2.83. The van der Waals surface area contributed by atoms with Crippen LogP contribution in [0.5, 0.6) is 5.75 Å². The highest BCUT2D eigenvalue weighted by Gasteiger charge is 2.39. The van der Waals surface area contributed by atoms with Crippen molar-refractivity contribution in [3.8, 4) is 5.75 Å². The van der Waals surface area contributed by atoms with Gasteiger partial charge >= 0.3 is 12.1 Å². The molecule has 0 saturated carbocycles. The van der Waals surface area contributed by atoms with E-state index in [2.05, 4.69) is 0 Å². The summed E-state index contributed by atoms with van der Waals surface area (Å²) in [4.78, 5) is 23.3. The Morgan fingerprint density at radius 3 is 2.05 bits per heavy atom. The number of anilines is 1. The molecule has 2 N–H and O–H groups in total. The van der Waals surface area contributed by atoms with Gasteiger partial charge in [0.25, 0.3) is 0 Å². The normalized spacial score (nSPS) is 11.0. The van der Waals surface area contributed by atoms with Crippen LogP contribution in [0.3, 0.4) is 0 Å². The van der Waals surface area contributed by atoms with Crippen molar-refractivity contribution < 1.29 is 27.9 Å². The van der Waals surface area contributed by atoms with Crippen molar-refractivity contribution in [3.05, 3.63) is 59.7 Å². The molecule has 0 radical (unpaired) electrons. The fraction of sp³-hybridized carbons (Fsp3) is 0.0667. The molecule has 114 valence electrons. The highest BCUT2D eigenvalue weighted by Crippen LogP contribution is 2.26. The molecule has 7 heteroatoms. The minimum atomic E-state index is -5.06. The molecule has 2 aromatic carbocycles. The molecule has 1 amide bonds. The second-order valence-electron chi connectivity index (χ2n) is 4.34. The Balaban J connectivity index is 2.39. The molecule has 2 aromatic rings. The van der Waals surface area contributed by atoms with E-state index in [-0.39, 0.29) is 22.6 Å². The highest BCUT2D eigenvalue weighted by atomic mass is 19.4. The lowest BCUT2D eigenvalue weighted by atomic mass is 10.0. The maximum Gasteiger partial charge on any atom is 0.471 e. The minimum absolute atomic E-state index is 0.0730. The fourth-order valence-electron chi connectivity index (χ4n) is 1.79. The average Bonchev–Trinajstić information content (AvgIpc) is 2.46. The number of alkyl halides is 3. The third-order valence-corrected chi connectivity index (χ3v) is 2.83. The summed E-state index contributed by atoms with van der Waals surface area (Å²) in [7, 11) is 0. The first-order valence-electron chi connectivity index (χ1n) is 6.10.